The Hall–Kier alpha value is -4.22. The minimum Gasteiger partial charge on any atom is -0.486 e. The lowest BCUT2D eigenvalue weighted by molar-refractivity contribution is -0.138. The summed E-state index contributed by atoms with van der Waals surface area (Å²) in [5, 5.41) is 4.88. The van der Waals surface area contributed by atoms with Crippen LogP contribution in [0.4, 0.5) is 9.59 Å². The second kappa shape index (κ2) is 17.3. The molecule has 0 atom stereocenters. The highest BCUT2D eigenvalue weighted by atomic mass is 16.6. The third-order valence-corrected chi connectivity index (χ3v) is 4.52. The van der Waals surface area contributed by atoms with Crippen molar-refractivity contribution in [1.29, 1.82) is 0 Å². The molecule has 12 heteroatoms. The van der Waals surface area contributed by atoms with E-state index in [-0.39, 0.29) is 58.1 Å². The first-order valence-corrected chi connectivity index (χ1v) is 11.9. The molecule has 0 aromatic heterocycles. The Balaban J connectivity index is 2.48. The predicted octanol–water partition coefficient (Wildman–Crippen LogP) is 2.65. The fourth-order valence-electron chi connectivity index (χ4n) is 2.61. The van der Waals surface area contributed by atoms with Crippen molar-refractivity contribution in [2.45, 2.75) is 26.2 Å². The van der Waals surface area contributed by atoms with Crippen LogP contribution < -0.4 is 20.1 Å². The van der Waals surface area contributed by atoms with E-state index in [9.17, 15) is 19.2 Å². The molecule has 0 aliphatic rings. The topological polar surface area (TPSA) is 148 Å². The Morgan fingerprint density at radius 2 is 1.18 bits per heavy atom. The summed E-state index contributed by atoms with van der Waals surface area (Å²) >= 11 is 0. The van der Waals surface area contributed by atoms with Gasteiger partial charge in [0.1, 0.15) is 39.6 Å². The molecule has 210 valence electrons. The zero-order valence-corrected chi connectivity index (χ0v) is 22.0. The highest BCUT2D eigenvalue weighted by molar-refractivity contribution is 5.81. The largest absolute Gasteiger partial charge is 0.486 e. The number of carbonyl (C=O) groups is 4. The molecule has 0 saturated heterocycles. The lowest BCUT2D eigenvalue weighted by Crippen LogP contribution is -2.29. The van der Waals surface area contributed by atoms with Crippen LogP contribution in [-0.4, -0.2) is 76.9 Å². The van der Waals surface area contributed by atoms with Crippen LogP contribution in [0.2, 0.25) is 0 Å². The number of esters is 2. The maximum Gasteiger partial charge on any atom is 0.407 e. The van der Waals surface area contributed by atoms with Gasteiger partial charge in [0.25, 0.3) is 0 Å². The first-order valence-electron chi connectivity index (χ1n) is 11.9. The standard InChI is InChI=1S/C26H36N2O10/c1-6-22(29)35-12-10-27-24(31)37-16-14-33-20-9-8-19(26(3,4)5)18-21(20)34-15-17-38-25(32)28-11-13-36-23(30)7-2/h6-9,18H,1-2,10-17H2,3-5H3,(H,27,31)(H,28,32). The van der Waals surface area contributed by atoms with Crippen LogP contribution >= 0.6 is 0 Å². The molecule has 2 N–H and O–H groups in total. The third-order valence-electron chi connectivity index (χ3n) is 4.52. The molecule has 0 bridgehead atoms. The van der Waals surface area contributed by atoms with Crippen LogP contribution in [0.3, 0.4) is 0 Å². The summed E-state index contributed by atoms with van der Waals surface area (Å²) in [6.45, 7) is 12.9. The Morgan fingerprint density at radius 3 is 1.63 bits per heavy atom. The fourth-order valence-corrected chi connectivity index (χ4v) is 2.61. The molecule has 1 aromatic carbocycles. The molecule has 2 amide bonds. The van der Waals surface area contributed by atoms with Gasteiger partial charge in [-0.05, 0) is 23.1 Å². The van der Waals surface area contributed by atoms with Gasteiger partial charge in [-0.3, -0.25) is 0 Å². The SMILES string of the molecule is C=CC(=O)OCCNC(=O)OCCOc1ccc(C(C)(C)C)cc1OCCOC(=O)NCCOC(=O)C=C. The monoisotopic (exact) mass is 536 g/mol. The van der Waals surface area contributed by atoms with Crippen molar-refractivity contribution < 1.29 is 47.6 Å². The molecular formula is C26H36N2O10. The van der Waals surface area contributed by atoms with E-state index in [1.165, 1.54) is 0 Å². The van der Waals surface area contributed by atoms with E-state index in [2.05, 4.69) is 44.6 Å². The van der Waals surface area contributed by atoms with Gasteiger partial charge < -0.3 is 39.1 Å². The normalized spacial score (nSPS) is 10.4. The number of nitrogens with one attached hydrogen (secondary N) is 2. The first kappa shape index (κ1) is 31.8. The van der Waals surface area contributed by atoms with E-state index in [1.807, 2.05) is 12.1 Å². The lowest BCUT2D eigenvalue weighted by Gasteiger charge is -2.21. The smallest absolute Gasteiger partial charge is 0.407 e. The summed E-state index contributed by atoms with van der Waals surface area (Å²) in [7, 11) is 0. The van der Waals surface area contributed by atoms with Crippen molar-refractivity contribution in [2.24, 2.45) is 0 Å². The molecule has 12 nitrogen and oxygen atoms in total. The number of benzene rings is 1. The second-order valence-corrected chi connectivity index (χ2v) is 8.48. The first-order chi connectivity index (χ1) is 18.1. The maximum atomic E-state index is 11.7. The van der Waals surface area contributed by atoms with Gasteiger partial charge in [0, 0.05) is 12.2 Å². The van der Waals surface area contributed by atoms with Crippen LogP contribution in [-0.2, 0) is 34.0 Å². The summed E-state index contributed by atoms with van der Waals surface area (Å²) in [6.07, 6.45) is 0.690. The van der Waals surface area contributed by atoms with E-state index in [0.29, 0.717) is 11.5 Å². The van der Waals surface area contributed by atoms with E-state index < -0.39 is 24.1 Å². The number of rotatable bonds is 16. The number of alkyl carbamates (subject to hydrolysis) is 2. The quantitative estimate of drug-likeness (QED) is 0.140. The van der Waals surface area contributed by atoms with Gasteiger partial charge in [0.05, 0.1) is 13.1 Å². The van der Waals surface area contributed by atoms with Crippen LogP contribution in [0.5, 0.6) is 11.5 Å². The highest BCUT2D eigenvalue weighted by Crippen LogP contribution is 2.33. The highest BCUT2D eigenvalue weighted by Gasteiger charge is 2.17. The van der Waals surface area contributed by atoms with Crippen molar-refractivity contribution in [3.05, 3.63) is 49.1 Å². The molecule has 0 saturated carbocycles. The van der Waals surface area contributed by atoms with Gasteiger partial charge >= 0.3 is 24.1 Å². The zero-order valence-electron chi connectivity index (χ0n) is 22.0. The third kappa shape index (κ3) is 13.8. The Kier molecular flexibility index (Phi) is 14.5. The van der Waals surface area contributed by atoms with E-state index in [4.69, 9.17) is 28.4 Å². The minimum atomic E-state index is -0.683. The Morgan fingerprint density at radius 1 is 0.711 bits per heavy atom. The predicted molar refractivity (Wildman–Crippen MR) is 137 cm³/mol. The number of carbonyl (C=O) groups excluding carboxylic acids is 4. The van der Waals surface area contributed by atoms with Gasteiger partial charge in [0.15, 0.2) is 11.5 Å². The molecule has 0 aliphatic heterocycles. The summed E-state index contributed by atoms with van der Waals surface area (Å²) < 4.78 is 31.1. The van der Waals surface area contributed by atoms with Crippen molar-refractivity contribution in [3.8, 4) is 11.5 Å². The van der Waals surface area contributed by atoms with Crippen molar-refractivity contribution in [3.63, 3.8) is 0 Å². The van der Waals surface area contributed by atoms with Crippen molar-refractivity contribution in [2.75, 3.05) is 52.7 Å². The Bertz CT molecular complexity index is 956. The van der Waals surface area contributed by atoms with Gasteiger partial charge in [-0.15, -0.1) is 0 Å². The van der Waals surface area contributed by atoms with Crippen LogP contribution in [0.1, 0.15) is 26.3 Å². The van der Waals surface area contributed by atoms with Gasteiger partial charge in [-0.25, -0.2) is 19.2 Å². The zero-order chi connectivity index (χ0) is 28.4. The summed E-state index contributed by atoms with van der Waals surface area (Å²) in [5.74, 6) is -0.302. The molecule has 0 radical (unpaired) electrons. The summed E-state index contributed by atoms with van der Waals surface area (Å²) in [6, 6.07) is 5.49. The molecule has 0 spiro atoms. The molecule has 0 fully saturated rings. The van der Waals surface area contributed by atoms with Crippen LogP contribution in [0, 0.1) is 0 Å². The van der Waals surface area contributed by atoms with Crippen LogP contribution in [0.25, 0.3) is 0 Å². The van der Waals surface area contributed by atoms with Crippen molar-refractivity contribution >= 4 is 24.1 Å². The Labute approximate surface area is 222 Å². The molecule has 0 aliphatic carbocycles. The second-order valence-electron chi connectivity index (χ2n) is 8.48. The van der Waals surface area contributed by atoms with E-state index in [1.54, 1.807) is 6.07 Å². The number of hydrogen-bond acceptors (Lipinski definition) is 10. The average molecular weight is 537 g/mol. The lowest BCUT2D eigenvalue weighted by atomic mass is 9.87. The van der Waals surface area contributed by atoms with Gasteiger partial charge in [0.2, 0.25) is 0 Å². The van der Waals surface area contributed by atoms with Gasteiger partial charge in [-0.1, -0.05) is 40.0 Å². The van der Waals surface area contributed by atoms with E-state index in [0.717, 1.165) is 17.7 Å². The van der Waals surface area contributed by atoms with Crippen molar-refractivity contribution in [1.82, 2.24) is 10.6 Å². The summed E-state index contributed by atoms with van der Waals surface area (Å²) in [4.78, 5) is 45.3. The molecular weight excluding hydrogens is 500 g/mol. The van der Waals surface area contributed by atoms with Crippen LogP contribution in [0.15, 0.2) is 43.5 Å². The van der Waals surface area contributed by atoms with Gasteiger partial charge in [-0.2, -0.15) is 0 Å². The molecule has 1 aromatic rings. The maximum absolute atomic E-state index is 11.7. The fraction of sp³-hybridized carbons (Fsp3) is 0.462. The number of hydrogen-bond donors (Lipinski definition) is 2. The number of ether oxygens (including phenoxy) is 6. The summed E-state index contributed by atoms with van der Waals surface area (Å²) in [5.41, 5.74) is 0.851. The molecule has 0 heterocycles. The average Bonchev–Trinajstić information content (AvgIpc) is 2.88. The number of amides is 2. The van der Waals surface area contributed by atoms with E-state index >= 15 is 0 Å². The molecule has 0 unspecified atom stereocenters. The molecule has 1 rings (SSSR count). The molecule has 38 heavy (non-hydrogen) atoms. The minimum absolute atomic E-state index is 0.00614.